The van der Waals surface area contributed by atoms with E-state index < -0.39 is 0 Å². The number of amides is 1. The predicted octanol–water partition coefficient (Wildman–Crippen LogP) is 1.30. The number of aromatic nitrogens is 3. The summed E-state index contributed by atoms with van der Waals surface area (Å²) in [6.45, 7) is 7.63. The van der Waals surface area contributed by atoms with E-state index in [1.165, 1.54) is 0 Å². The molecule has 7 heteroatoms. The minimum Gasteiger partial charge on any atom is -0.444 e. The van der Waals surface area contributed by atoms with E-state index in [1.54, 1.807) is 19.3 Å². The van der Waals surface area contributed by atoms with Gasteiger partial charge >= 0.3 is 0 Å². The fourth-order valence-corrected chi connectivity index (χ4v) is 3.06. The van der Waals surface area contributed by atoms with Crippen LogP contribution in [0.25, 0.3) is 0 Å². The van der Waals surface area contributed by atoms with E-state index >= 15 is 0 Å². The lowest BCUT2D eigenvalue weighted by Crippen LogP contribution is -2.40. The molecule has 0 unspecified atom stereocenters. The highest BCUT2D eigenvalue weighted by Crippen LogP contribution is 2.18. The van der Waals surface area contributed by atoms with E-state index in [9.17, 15) is 4.79 Å². The molecular weight excluding hydrogens is 294 g/mol. The summed E-state index contributed by atoms with van der Waals surface area (Å²) in [4.78, 5) is 20.5. The summed E-state index contributed by atoms with van der Waals surface area (Å²) in [6, 6.07) is 2.15. The molecule has 0 saturated carbocycles. The van der Waals surface area contributed by atoms with E-state index in [0.29, 0.717) is 12.4 Å². The van der Waals surface area contributed by atoms with Crippen LogP contribution in [0.5, 0.6) is 0 Å². The molecule has 0 spiro atoms. The van der Waals surface area contributed by atoms with Gasteiger partial charge in [-0.25, -0.2) is 4.98 Å². The first-order valence-corrected chi connectivity index (χ1v) is 8.00. The minimum absolute atomic E-state index is 0.0692. The number of rotatable bonds is 6. The van der Waals surface area contributed by atoms with E-state index in [-0.39, 0.29) is 11.9 Å². The van der Waals surface area contributed by atoms with Crippen molar-refractivity contribution in [2.75, 3.05) is 19.6 Å². The molecule has 124 valence electrons. The van der Waals surface area contributed by atoms with E-state index in [1.807, 2.05) is 28.8 Å². The lowest BCUT2D eigenvalue weighted by atomic mass is 10.2. The zero-order valence-corrected chi connectivity index (χ0v) is 13.7. The molecule has 0 radical (unpaired) electrons. The molecule has 1 amide bonds. The molecule has 0 N–H and O–H groups in total. The molecule has 0 aliphatic carbocycles. The number of nitrogens with zero attached hydrogens (tertiary/aromatic N) is 5. The van der Waals surface area contributed by atoms with Crippen molar-refractivity contribution in [3.8, 4) is 0 Å². The van der Waals surface area contributed by atoms with Gasteiger partial charge < -0.3 is 9.32 Å². The first-order valence-electron chi connectivity index (χ1n) is 8.00. The lowest BCUT2D eigenvalue weighted by Gasteiger charge is -2.27. The van der Waals surface area contributed by atoms with E-state index in [4.69, 9.17) is 4.42 Å². The Morgan fingerprint density at radius 2 is 2.35 bits per heavy atom. The van der Waals surface area contributed by atoms with Crippen molar-refractivity contribution in [1.82, 2.24) is 24.6 Å². The molecule has 0 aromatic carbocycles. The van der Waals surface area contributed by atoms with Crippen LogP contribution in [0.3, 0.4) is 0 Å². The predicted molar refractivity (Wildman–Crippen MR) is 84.5 cm³/mol. The third kappa shape index (κ3) is 3.98. The molecule has 0 bridgehead atoms. The van der Waals surface area contributed by atoms with Crippen LogP contribution in [0.4, 0.5) is 0 Å². The van der Waals surface area contributed by atoms with Crippen LogP contribution in [-0.2, 0) is 17.9 Å². The van der Waals surface area contributed by atoms with Gasteiger partial charge in [0.05, 0.1) is 19.3 Å². The van der Waals surface area contributed by atoms with Crippen LogP contribution in [0.2, 0.25) is 0 Å². The first-order chi connectivity index (χ1) is 11.1. The molecule has 1 atom stereocenters. The van der Waals surface area contributed by atoms with Gasteiger partial charge in [-0.05, 0) is 19.4 Å². The van der Waals surface area contributed by atoms with Crippen LogP contribution in [0.15, 0.2) is 29.1 Å². The second-order valence-corrected chi connectivity index (χ2v) is 6.02. The molecule has 2 aromatic heterocycles. The number of carbonyl (C=O) groups excluding carboxylic acids is 1. The normalized spacial score (nSPS) is 18.4. The average molecular weight is 317 g/mol. The maximum Gasteiger partial charge on any atom is 0.220 e. The van der Waals surface area contributed by atoms with Gasteiger partial charge in [-0.2, -0.15) is 5.10 Å². The van der Waals surface area contributed by atoms with Crippen LogP contribution in [0, 0.1) is 6.92 Å². The monoisotopic (exact) mass is 317 g/mol. The van der Waals surface area contributed by atoms with Gasteiger partial charge in [0.1, 0.15) is 5.76 Å². The highest BCUT2D eigenvalue weighted by Gasteiger charge is 2.30. The first kappa shape index (κ1) is 15.7. The molecule has 3 rings (SSSR count). The summed E-state index contributed by atoms with van der Waals surface area (Å²) in [5, 5.41) is 4.22. The Kier molecular flexibility index (Phi) is 4.76. The summed E-state index contributed by atoms with van der Waals surface area (Å²) in [5.74, 6) is 1.45. The number of carbonyl (C=O) groups is 1. The smallest absolute Gasteiger partial charge is 0.220 e. The Hall–Kier alpha value is -2.15. The standard InChI is InChI=1S/C16H23N5O2/c1-13-10-17-16(23-13)12-21(14(2)22)15-4-7-19(11-15)8-9-20-6-3-5-18-20/h3,5-6,10,15H,4,7-9,11-12H2,1-2H3/t15-/m1/s1. The summed E-state index contributed by atoms with van der Waals surface area (Å²) in [7, 11) is 0. The van der Waals surface area contributed by atoms with Gasteiger partial charge in [0, 0.05) is 45.0 Å². The molecule has 3 heterocycles. The molecule has 23 heavy (non-hydrogen) atoms. The third-order valence-corrected chi connectivity index (χ3v) is 4.27. The topological polar surface area (TPSA) is 67.4 Å². The van der Waals surface area contributed by atoms with Crippen LogP contribution in [-0.4, -0.2) is 56.1 Å². The summed E-state index contributed by atoms with van der Waals surface area (Å²) in [6.07, 6.45) is 6.44. The van der Waals surface area contributed by atoms with Crippen molar-refractivity contribution in [2.45, 2.75) is 39.4 Å². The molecule has 1 aliphatic heterocycles. The van der Waals surface area contributed by atoms with Gasteiger partial charge in [-0.15, -0.1) is 0 Å². The fourth-order valence-electron chi connectivity index (χ4n) is 3.06. The molecule has 7 nitrogen and oxygen atoms in total. The van der Waals surface area contributed by atoms with Crippen LogP contribution < -0.4 is 0 Å². The van der Waals surface area contributed by atoms with E-state index in [2.05, 4.69) is 15.0 Å². The Morgan fingerprint density at radius 3 is 3.00 bits per heavy atom. The summed E-state index contributed by atoms with van der Waals surface area (Å²) < 4.78 is 7.45. The van der Waals surface area contributed by atoms with Gasteiger partial charge in [-0.3, -0.25) is 14.4 Å². The summed E-state index contributed by atoms with van der Waals surface area (Å²) in [5.41, 5.74) is 0. The maximum atomic E-state index is 12.0. The SMILES string of the molecule is CC(=O)N(Cc1ncc(C)o1)[C@@H]1CCN(CCn2cccn2)C1. The van der Waals surface area contributed by atoms with Gasteiger partial charge in [-0.1, -0.05) is 0 Å². The number of oxazole rings is 1. The number of likely N-dealkylation sites (tertiary alicyclic amines) is 1. The second kappa shape index (κ2) is 6.95. The molecule has 1 saturated heterocycles. The van der Waals surface area contributed by atoms with Gasteiger partial charge in [0.2, 0.25) is 11.8 Å². The zero-order valence-electron chi connectivity index (χ0n) is 13.7. The maximum absolute atomic E-state index is 12.0. The van der Waals surface area contributed by atoms with Gasteiger partial charge in [0.15, 0.2) is 0 Å². The fraction of sp³-hybridized carbons (Fsp3) is 0.562. The third-order valence-electron chi connectivity index (χ3n) is 4.27. The van der Waals surface area contributed by atoms with Crippen molar-refractivity contribution < 1.29 is 9.21 Å². The molecule has 2 aromatic rings. The molecule has 1 aliphatic rings. The van der Waals surface area contributed by atoms with Crippen molar-refractivity contribution in [1.29, 1.82) is 0 Å². The van der Waals surface area contributed by atoms with Crippen LogP contribution >= 0.6 is 0 Å². The number of hydrogen-bond acceptors (Lipinski definition) is 5. The van der Waals surface area contributed by atoms with E-state index in [0.717, 1.165) is 38.4 Å². The Labute approximate surface area is 135 Å². The Morgan fingerprint density at radius 1 is 1.48 bits per heavy atom. The highest BCUT2D eigenvalue weighted by molar-refractivity contribution is 5.73. The largest absolute Gasteiger partial charge is 0.444 e. The van der Waals surface area contributed by atoms with Crippen LogP contribution in [0.1, 0.15) is 25.0 Å². The highest BCUT2D eigenvalue weighted by atomic mass is 16.4. The number of aryl methyl sites for hydroxylation is 1. The Bertz CT molecular complexity index is 637. The number of hydrogen-bond donors (Lipinski definition) is 0. The quantitative estimate of drug-likeness (QED) is 0.803. The average Bonchev–Trinajstić information content (AvgIpc) is 3.24. The van der Waals surface area contributed by atoms with Crippen molar-refractivity contribution in [2.24, 2.45) is 0 Å². The van der Waals surface area contributed by atoms with Crippen molar-refractivity contribution in [3.05, 3.63) is 36.3 Å². The van der Waals surface area contributed by atoms with Crippen molar-refractivity contribution in [3.63, 3.8) is 0 Å². The Balaban J connectivity index is 1.55. The minimum atomic E-state index is 0.0692. The zero-order chi connectivity index (χ0) is 16.2. The molecular formula is C16H23N5O2. The lowest BCUT2D eigenvalue weighted by molar-refractivity contribution is -0.132. The molecule has 1 fully saturated rings. The second-order valence-electron chi connectivity index (χ2n) is 6.02. The van der Waals surface area contributed by atoms with Crippen molar-refractivity contribution >= 4 is 5.91 Å². The van der Waals surface area contributed by atoms with Gasteiger partial charge in [0.25, 0.3) is 0 Å². The summed E-state index contributed by atoms with van der Waals surface area (Å²) >= 11 is 0.